The molecule has 0 aromatic carbocycles. The monoisotopic (exact) mass is 280 g/mol. The summed E-state index contributed by atoms with van der Waals surface area (Å²) in [4.78, 5) is 12.5. The van der Waals surface area contributed by atoms with Crippen molar-refractivity contribution in [3.8, 4) is 0 Å². The number of carbonyl (C=O) groups is 1. The predicted molar refractivity (Wildman–Crippen MR) is 83.3 cm³/mol. The van der Waals surface area contributed by atoms with Gasteiger partial charge < -0.3 is 11.1 Å². The third-order valence-corrected chi connectivity index (χ3v) is 5.34. The van der Waals surface area contributed by atoms with Crippen molar-refractivity contribution >= 4 is 5.91 Å². The van der Waals surface area contributed by atoms with Gasteiger partial charge in [0.15, 0.2) is 0 Å². The van der Waals surface area contributed by atoms with E-state index >= 15 is 0 Å². The molecule has 0 spiro atoms. The van der Waals surface area contributed by atoms with E-state index in [1.165, 1.54) is 32.1 Å². The Labute approximate surface area is 124 Å². The van der Waals surface area contributed by atoms with E-state index in [2.05, 4.69) is 19.2 Å². The van der Waals surface area contributed by atoms with Gasteiger partial charge in [-0.1, -0.05) is 33.1 Å². The van der Waals surface area contributed by atoms with E-state index in [0.29, 0.717) is 17.9 Å². The molecule has 1 amide bonds. The largest absolute Gasteiger partial charge is 0.353 e. The van der Waals surface area contributed by atoms with Crippen molar-refractivity contribution in [2.75, 3.05) is 0 Å². The zero-order valence-corrected chi connectivity index (χ0v) is 13.2. The van der Waals surface area contributed by atoms with Crippen molar-refractivity contribution in [3.63, 3.8) is 0 Å². The Morgan fingerprint density at radius 3 is 2.50 bits per heavy atom. The maximum atomic E-state index is 12.5. The molecular formula is C17H32N2O. The summed E-state index contributed by atoms with van der Waals surface area (Å²) >= 11 is 0. The van der Waals surface area contributed by atoms with Crippen LogP contribution in [-0.4, -0.2) is 18.0 Å². The summed E-state index contributed by atoms with van der Waals surface area (Å²) in [5, 5.41) is 3.35. The van der Waals surface area contributed by atoms with E-state index in [1.807, 2.05) is 0 Å². The Balaban J connectivity index is 1.87. The number of nitrogens with one attached hydrogen (secondary N) is 1. The van der Waals surface area contributed by atoms with Crippen molar-refractivity contribution < 1.29 is 4.79 Å². The van der Waals surface area contributed by atoms with Gasteiger partial charge in [0, 0.05) is 18.0 Å². The molecule has 2 aliphatic carbocycles. The van der Waals surface area contributed by atoms with Gasteiger partial charge in [-0.2, -0.15) is 0 Å². The molecule has 2 saturated carbocycles. The Morgan fingerprint density at radius 2 is 1.90 bits per heavy atom. The second-order valence-electron chi connectivity index (χ2n) is 7.19. The molecule has 2 rings (SSSR count). The van der Waals surface area contributed by atoms with Gasteiger partial charge in [0.1, 0.15) is 0 Å². The van der Waals surface area contributed by atoms with Crippen LogP contribution in [0.5, 0.6) is 0 Å². The lowest BCUT2D eigenvalue weighted by Gasteiger charge is -2.34. The summed E-state index contributed by atoms with van der Waals surface area (Å²) in [7, 11) is 0. The standard InChI is InChI=1S/C17H32N2O/c1-3-16(13-7-5-4-6-8-13)19-17(20)14-9-12(2)10-15(18)11-14/h12-16H,3-11,18H2,1-2H3,(H,19,20). The molecule has 2 aliphatic rings. The van der Waals surface area contributed by atoms with Crippen LogP contribution in [0.1, 0.15) is 71.6 Å². The molecule has 20 heavy (non-hydrogen) atoms. The predicted octanol–water partition coefficient (Wildman–Crippen LogP) is 3.23. The Morgan fingerprint density at radius 1 is 1.20 bits per heavy atom. The average Bonchev–Trinajstić information content (AvgIpc) is 2.44. The van der Waals surface area contributed by atoms with Gasteiger partial charge in [0.25, 0.3) is 0 Å². The highest BCUT2D eigenvalue weighted by Crippen LogP contribution is 2.30. The fourth-order valence-corrected chi connectivity index (χ4v) is 4.26. The van der Waals surface area contributed by atoms with Gasteiger partial charge in [-0.25, -0.2) is 0 Å². The zero-order chi connectivity index (χ0) is 14.5. The lowest BCUT2D eigenvalue weighted by atomic mass is 9.78. The lowest BCUT2D eigenvalue weighted by molar-refractivity contribution is -0.127. The molecule has 0 aromatic rings. The molecular weight excluding hydrogens is 248 g/mol. The minimum Gasteiger partial charge on any atom is -0.353 e. The molecule has 0 radical (unpaired) electrons. The van der Waals surface area contributed by atoms with Crippen LogP contribution in [0.4, 0.5) is 0 Å². The molecule has 0 saturated heterocycles. The normalized spacial score (nSPS) is 33.6. The summed E-state index contributed by atoms with van der Waals surface area (Å²) in [5.74, 6) is 1.70. The molecule has 0 heterocycles. The van der Waals surface area contributed by atoms with Crippen LogP contribution in [0.15, 0.2) is 0 Å². The van der Waals surface area contributed by atoms with Crippen LogP contribution >= 0.6 is 0 Å². The first-order valence-corrected chi connectivity index (χ1v) is 8.66. The van der Waals surface area contributed by atoms with E-state index in [-0.39, 0.29) is 17.9 Å². The molecule has 3 heteroatoms. The summed E-state index contributed by atoms with van der Waals surface area (Å²) in [6.45, 7) is 4.42. The van der Waals surface area contributed by atoms with Gasteiger partial charge in [-0.3, -0.25) is 4.79 Å². The number of hydrogen-bond acceptors (Lipinski definition) is 2. The Hall–Kier alpha value is -0.570. The fraction of sp³-hybridized carbons (Fsp3) is 0.941. The van der Waals surface area contributed by atoms with Crippen molar-refractivity contribution in [1.29, 1.82) is 0 Å². The maximum Gasteiger partial charge on any atom is 0.223 e. The van der Waals surface area contributed by atoms with Crippen LogP contribution in [0.3, 0.4) is 0 Å². The van der Waals surface area contributed by atoms with Gasteiger partial charge in [-0.05, 0) is 50.4 Å². The third-order valence-electron chi connectivity index (χ3n) is 5.34. The van der Waals surface area contributed by atoms with Gasteiger partial charge in [-0.15, -0.1) is 0 Å². The van der Waals surface area contributed by atoms with E-state index < -0.39 is 0 Å². The van der Waals surface area contributed by atoms with Gasteiger partial charge >= 0.3 is 0 Å². The smallest absolute Gasteiger partial charge is 0.223 e. The maximum absolute atomic E-state index is 12.5. The molecule has 4 unspecified atom stereocenters. The van der Waals surface area contributed by atoms with Crippen molar-refractivity contribution in [1.82, 2.24) is 5.32 Å². The quantitative estimate of drug-likeness (QED) is 0.830. The molecule has 0 aromatic heterocycles. The minimum atomic E-state index is 0.145. The molecule has 4 atom stereocenters. The average molecular weight is 280 g/mol. The Bertz CT molecular complexity index is 302. The van der Waals surface area contributed by atoms with Gasteiger partial charge in [0.2, 0.25) is 5.91 Å². The van der Waals surface area contributed by atoms with Crippen LogP contribution in [0, 0.1) is 17.8 Å². The zero-order valence-electron chi connectivity index (χ0n) is 13.2. The summed E-state index contributed by atoms with van der Waals surface area (Å²) in [6.07, 6.45) is 10.6. The first-order chi connectivity index (χ1) is 9.60. The number of carbonyl (C=O) groups excluding carboxylic acids is 1. The first-order valence-electron chi connectivity index (χ1n) is 8.66. The number of hydrogen-bond donors (Lipinski definition) is 2. The van der Waals surface area contributed by atoms with Crippen LogP contribution in [0.25, 0.3) is 0 Å². The summed E-state index contributed by atoms with van der Waals surface area (Å²) in [6, 6.07) is 0.598. The molecule has 116 valence electrons. The van der Waals surface area contributed by atoms with Crippen LogP contribution < -0.4 is 11.1 Å². The highest BCUT2D eigenvalue weighted by Gasteiger charge is 2.31. The second-order valence-corrected chi connectivity index (χ2v) is 7.19. The molecule has 0 aliphatic heterocycles. The van der Waals surface area contributed by atoms with E-state index in [9.17, 15) is 4.79 Å². The molecule has 0 bridgehead atoms. The molecule has 2 fully saturated rings. The van der Waals surface area contributed by atoms with Gasteiger partial charge in [0.05, 0.1) is 0 Å². The number of rotatable bonds is 4. The van der Waals surface area contributed by atoms with Crippen LogP contribution in [-0.2, 0) is 4.79 Å². The van der Waals surface area contributed by atoms with E-state index in [0.717, 1.165) is 25.7 Å². The SMILES string of the molecule is CCC(NC(=O)C1CC(C)CC(N)C1)C1CCCCC1. The van der Waals surface area contributed by atoms with Crippen LogP contribution in [0.2, 0.25) is 0 Å². The summed E-state index contributed by atoms with van der Waals surface area (Å²) in [5.41, 5.74) is 6.08. The molecule has 3 N–H and O–H groups in total. The van der Waals surface area contributed by atoms with E-state index in [4.69, 9.17) is 5.73 Å². The van der Waals surface area contributed by atoms with Crippen molar-refractivity contribution in [2.24, 2.45) is 23.5 Å². The second kappa shape index (κ2) is 7.44. The number of nitrogens with two attached hydrogens (primary N) is 1. The highest BCUT2D eigenvalue weighted by molar-refractivity contribution is 5.79. The summed E-state index contributed by atoms with van der Waals surface area (Å²) < 4.78 is 0. The third kappa shape index (κ3) is 4.21. The number of amides is 1. The lowest BCUT2D eigenvalue weighted by Crippen LogP contribution is -2.46. The topological polar surface area (TPSA) is 55.1 Å². The highest BCUT2D eigenvalue weighted by atomic mass is 16.1. The first kappa shape index (κ1) is 15.8. The molecule has 3 nitrogen and oxygen atoms in total. The van der Waals surface area contributed by atoms with Crippen molar-refractivity contribution in [2.45, 2.75) is 83.7 Å². The minimum absolute atomic E-state index is 0.145. The fourth-order valence-electron chi connectivity index (χ4n) is 4.26. The Kier molecular flexibility index (Phi) is 5.88. The van der Waals surface area contributed by atoms with E-state index in [1.54, 1.807) is 0 Å². The van der Waals surface area contributed by atoms with Crippen molar-refractivity contribution in [3.05, 3.63) is 0 Å².